The molecule has 0 saturated carbocycles. The van der Waals surface area contributed by atoms with Crippen molar-refractivity contribution < 1.29 is 24.1 Å². The summed E-state index contributed by atoms with van der Waals surface area (Å²) in [5.41, 5.74) is -0.166. The maximum atomic E-state index is 14.3. The molecule has 8 nitrogen and oxygen atoms in total. The molecule has 142 valence electrons. The molecule has 2 heterocycles. The maximum Gasteiger partial charge on any atom is 0.351 e. The van der Waals surface area contributed by atoms with Crippen LogP contribution >= 0.6 is 0 Å². The summed E-state index contributed by atoms with van der Waals surface area (Å²) in [6.07, 6.45) is -1.15. The van der Waals surface area contributed by atoms with E-state index in [1.54, 1.807) is 24.3 Å². The maximum absolute atomic E-state index is 14.3. The van der Waals surface area contributed by atoms with Gasteiger partial charge in [-0.05, 0) is 18.6 Å². The first-order chi connectivity index (χ1) is 12.9. The number of anilines is 1. The average Bonchev–Trinajstić information content (AvgIpc) is 2.91. The van der Waals surface area contributed by atoms with Crippen molar-refractivity contribution in [1.29, 1.82) is 0 Å². The number of amides is 1. The quantitative estimate of drug-likeness (QED) is 0.677. The van der Waals surface area contributed by atoms with E-state index in [4.69, 9.17) is 4.74 Å². The summed E-state index contributed by atoms with van der Waals surface area (Å²) in [6.45, 7) is 1.51. The molecule has 1 aromatic carbocycles. The van der Waals surface area contributed by atoms with Crippen molar-refractivity contribution in [2.75, 3.05) is 5.32 Å². The number of nitrogens with one attached hydrogen (secondary N) is 1. The lowest BCUT2D eigenvalue weighted by Gasteiger charge is -2.17. The zero-order valence-electron chi connectivity index (χ0n) is 14.3. The van der Waals surface area contributed by atoms with Crippen LogP contribution < -0.4 is 11.0 Å². The standard InChI is InChI=1S/C18H18FN3O5/c1-10-14(24)15(25)17(27-10)22-9-12(19)16(21-18(22)26)20-13(23)8-7-11-5-3-2-4-6-11/h2-10,14-15,17,24-25H,1H3,(H,20,21,23,26)/t10-,14-,15-,17-/m1/s1. The SMILES string of the molecule is C[C@H]1O[C@@H](n2cc(F)c(NC(=O)C=Cc3ccccc3)nc2=O)[C@H](O)[C@@H]1O. The monoisotopic (exact) mass is 375 g/mol. The van der Waals surface area contributed by atoms with Gasteiger partial charge in [-0.3, -0.25) is 9.36 Å². The molecule has 9 heteroatoms. The summed E-state index contributed by atoms with van der Waals surface area (Å²) < 4.78 is 20.3. The first kappa shape index (κ1) is 18.9. The Labute approximate surface area is 153 Å². The molecular formula is C18H18FN3O5. The smallest absolute Gasteiger partial charge is 0.351 e. The molecule has 1 aliphatic rings. The van der Waals surface area contributed by atoms with E-state index < -0.39 is 47.8 Å². The molecule has 0 bridgehead atoms. The van der Waals surface area contributed by atoms with Crippen LogP contribution in [0.15, 0.2) is 47.4 Å². The largest absolute Gasteiger partial charge is 0.388 e. The number of carbonyl (C=O) groups excluding carboxylic acids is 1. The third-order valence-electron chi connectivity index (χ3n) is 4.13. The molecule has 0 aliphatic carbocycles. The molecular weight excluding hydrogens is 357 g/mol. The van der Waals surface area contributed by atoms with Crippen LogP contribution in [-0.4, -0.2) is 44.0 Å². The van der Waals surface area contributed by atoms with Crippen LogP contribution in [0.25, 0.3) is 6.08 Å². The zero-order valence-corrected chi connectivity index (χ0v) is 14.3. The Hall–Kier alpha value is -2.88. The number of hydrogen-bond acceptors (Lipinski definition) is 6. The van der Waals surface area contributed by atoms with E-state index in [0.29, 0.717) is 0 Å². The Morgan fingerprint density at radius 2 is 2.00 bits per heavy atom. The van der Waals surface area contributed by atoms with Gasteiger partial charge in [0.15, 0.2) is 17.9 Å². The van der Waals surface area contributed by atoms with Gasteiger partial charge in [-0.2, -0.15) is 4.98 Å². The van der Waals surface area contributed by atoms with Crippen LogP contribution in [0, 0.1) is 5.82 Å². The number of halogens is 1. The molecule has 1 saturated heterocycles. The second kappa shape index (κ2) is 7.78. The van der Waals surface area contributed by atoms with Crippen LogP contribution in [-0.2, 0) is 9.53 Å². The molecule has 1 fully saturated rings. The second-order valence-electron chi connectivity index (χ2n) is 6.07. The highest BCUT2D eigenvalue weighted by molar-refractivity contribution is 6.01. The Bertz CT molecular complexity index is 915. The predicted octanol–water partition coefficient (Wildman–Crippen LogP) is 0.673. The number of carbonyl (C=O) groups is 1. The van der Waals surface area contributed by atoms with E-state index in [0.717, 1.165) is 16.3 Å². The van der Waals surface area contributed by atoms with Gasteiger partial charge in [0.2, 0.25) is 5.91 Å². The van der Waals surface area contributed by atoms with Crippen LogP contribution in [0.2, 0.25) is 0 Å². The van der Waals surface area contributed by atoms with Crippen molar-refractivity contribution in [3.05, 3.63) is 64.5 Å². The highest BCUT2D eigenvalue weighted by Crippen LogP contribution is 2.28. The molecule has 0 unspecified atom stereocenters. The normalized spacial score (nSPS) is 25.0. The van der Waals surface area contributed by atoms with Gasteiger partial charge in [0, 0.05) is 6.08 Å². The van der Waals surface area contributed by atoms with Crippen LogP contribution in [0.5, 0.6) is 0 Å². The molecule has 1 aromatic heterocycles. The van der Waals surface area contributed by atoms with E-state index >= 15 is 0 Å². The van der Waals surface area contributed by atoms with Gasteiger partial charge >= 0.3 is 5.69 Å². The van der Waals surface area contributed by atoms with Crippen molar-refractivity contribution >= 4 is 17.8 Å². The van der Waals surface area contributed by atoms with Crippen LogP contribution in [0.4, 0.5) is 10.2 Å². The van der Waals surface area contributed by atoms with Gasteiger partial charge < -0.3 is 20.3 Å². The van der Waals surface area contributed by atoms with Gasteiger partial charge in [0.05, 0.1) is 12.3 Å². The fraction of sp³-hybridized carbons (Fsp3) is 0.278. The Morgan fingerprint density at radius 1 is 1.30 bits per heavy atom. The number of ether oxygens (including phenoxy) is 1. The van der Waals surface area contributed by atoms with Gasteiger partial charge in [-0.15, -0.1) is 0 Å². The number of nitrogens with zero attached hydrogens (tertiary/aromatic N) is 2. The van der Waals surface area contributed by atoms with E-state index in [2.05, 4.69) is 10.3 Å². The number of benzene rings is 1. The number of hydrogen-bond donors (Lipinski definition) is 3. The molecule has 27 heavy (non-hydrogen) atoms. The molecule has 0 radical (unpaired) electrons. The van der Waals surface area contributed by atoms with Crippen molar-refractivity contribution in [3.63, 3.8) is 0 Å². The predicted molar refractivity (Wildman–Crippen MR) is 94.2 cm³/mol. The lowest BCUT2D eigenvalue weighted by Crippen LogP contribution is -2.36. The van der Waals surface area contributed by atoms with E-state index in [1.807, 2.05) is 6.07 Å². The Kier molecular flexibility index (Phi) is 5.45. The van der Waals surface area contributed by atoms with Crippen molar-refractivity contribution in [1.82, 2.24) is 9.55 Å². The van der Waals surface area contributed by atoms with E-state index in [9.17, 15) is 24.2 Å². The molecule has 1 aliphatic heterocycles. The number of rotatable bonds is 4. The van der Waals surface area contributed by atoms with E-state index in [1.165, 1.54) is 19.1 Å². The molecule has 3 rings (SSSR count). The Morgan fingerprint density at radius 3 is 2.63 bits per heavy atom. The number of aliphatic hydroxyl groups is 2. The van der Waals surface area contributed by atoms with Crippen molar-refractivity contribution in [2.24, 2.45) is 0 Å². The van der Waals surface area contributed by atoms with Gasteiger partial charge in [-0.1, -0.05) is 30.3 Å². The molecule has 1 amide bonds. The van der Waals surface area contributed by atoms with E-state index in [-0.39, 0.29) is 0 Å². The number of aromatic nitrogens is 2. The summed E-state index contributed by atoms with van der Waals surface area (Å²) in [4.78, 5) is 27.6. The molecule has 4 atom stereocenters. The minimum Gasteiger partial charge on any atom is -0.388 e. The van der Waals surface area contributed by atoms with Crippen molar-refractivity contribution in [3.8, 4) is 0 Å². The summed E-state index contributed by atoms with van der Waals surface area (Å²) >= 11 is 0. The summed E-state index contributed by atoms with van der Waals surface area (Å²) in [6, 6.07) is 9.00. The molecule has 2 aromatic rings. The zero-order chi connectivity index (χ0) is 19.6. The van der Waals surface area contributed by atoms with Crippen LogP contribution in [0.3, 0.4) is 0 Å². The highest BCUT2D eigenvalue weighted by atomic mass is 19.1. The lowest BCUT2D eigenvalue weighted by molar-refractivity contribution is -0.111. The van der Waals surface area contributed by atoms with Gasteiger partial charge in [0.25, 0.3) is 0 Å². The fourth-order valence-corrected chi connectivity index (χ4v) is 2.67. The molecule has 3 N–H and O–H groups in total. The average molecular weight is 375 g/mol. The molecule has 0 spiro atoms. The lowest BCUT2D eigenvalue weighted by atomic mass is 10.1. The summed E-state index contributed by atoms with van der Waals surface area (Å²) in [5, 5.41) is 21.8. The van der Waals surface area contributed by atoms with Gasteiger partial charge in [-0.25, -0.2) is 9.18 Å². The first-order valence-electron chi connectivity index (χ1n) is 8.21. The Balaban J connectivity index is 1.76. The number of aliphatic hydroxyl groups excluding tert-OH is 2. The van der Waals surface area contributed by atoms with Crippen molar-refractivity contribution in [2.45, 2.75) is 31.5 Å². The summed E-state index contributed by atoms with van der Waals surface area (Å²) in [7, 11) is 0. The topological polar surface area (TPSA) is 114 Å². The summed E-state index contributed by atoms with van der Waals surface area (Å²) in [5.74, 6) is -2.19. The third kappa shape index (κ3) is 4.11. The third-order valence-corrected chi connectivity index (χ3v) is 4.13. The first-order valence-corrected chi connectivity index (χ1v) is 8.21. The van der Waals surface area contributed by atoms with Crippen LogP contribution in [0.1, 0.15) is 18.7 Å². The minimum atomic E-state index is -1.41. The van der Waals surface area contributed by atoms with Gasteiger partial charge in [0.1, 0.15) is 12.2 Å². The fourth-order valence-electron chi connectivity index (χ4n) is 2.67. The highest BCUT2D eigenvalue weighted by Gasteiger charge is 2.42. The second-order valence-corrected chi connectivity index (χ2v) is 6.07. The minimum absolute atomic E-state index is 0.542.